The molecule has 208 valence electrons. The van der Waals surface area contributed by atoms with Crippen molar-refractivity contribution in [3.63, 3.8) is 0 Å². The van der Waals surface area contributed by atoms with E-state index in [-0.39, 0.29) is 35.8 Å². The van der Waals surface area contributed by atoms with Gasteiger partial charge in [0.25, 0.3) is 6.43 Å². The van der Waals surface area contributed by atoms with Gasteiger partial charge >= 0.3 is 24.6 Å². The zero-order valence-corrected chi connectivity index (χ0v) is 23.2. The number of anilines is 3. The molecule has 1 saturated heterocycles. The number of alkyl halides is 2. The Morgan fingerprint density at radius 2 is 1.78 bits per heavy atom. The molecule has 41 heavy (non-hydrogen) atoms. The molecule has 0 saturated carbocycles. The van der Waals surface area contributed by atoms with Gasteiger partial charge in [-0.05, 0) is 54.3 Å². The maximum absolute atomic E-state index is 14.4. The molecule has 0 spiro atoms. The van der Waals surface area contributed by atoms with Crippen LogP contribution in [0.1, 0.15) is 34.5 Å². The van der Waals surface area contributed by atoms with Crippen LogP contribution in [0, 0.1) is 0 Å². The standard InChI is InChI=1S/C29H29F2N5O4.Li/c1-33-24-13-19(14-25(26(24)34(2)29(33)39)35-8-10-40-11-9-35)36-7-3-4-17-12-20(21(27(30)31)15-23(17)36)18-5-6-22(28(37)38)32-16-18;/h5-6,12-16,27H,3-4,7-11H2,1-2H3,(H,37,38);/q;+1/p-1. The number of morpholine rings is 1. The van der Waals surface area contributed by atoms with Gasteiger partial charge in [0.1, 0.15) is 0 Å². The largest absolute Gasteiger partial charge is 1.00 e. The van der Waals surface area contributed by atoms with Crippen molar-refractivity contribution in [3.8, 4) is 11.1 Å². The van der Waals surface area contributed by atoms with Crippen LogP contribution in [0.25, 0.3) is 22.2 Å². The Bertz CT molecular complexity index is 1680. The first kappa shape index (κ1) is 28.9. The fraction of sp³-hybridized carbons (Fsp3) is 0.345. The number of carboxylic acids is 1. The van der Waals surface area contributed by atoms with Crippen molar-refractivity contribution in [2.45, 2.75) is 19.3 Å². The van der Waals surface area contributed by atoms with Crippen molar-refractivity contribution < 1.29 is 42.3 Å². The molecule has 0 unspecified atom stereocenters. The predicted molar refractivity (Wildman–Crippen MR) is 145 cm³/mol. The number of hydrogen-bond acceptors (Lipinski definition) is 7. The van der Waals surface area contributed by atoms with Crippen LogP contribution in [-0.2, 0) is 25.3 Å². The summed E-state index contributed by atoms with van der Waals surface area (Å²) in [5.74, 6) is -1.42. The zero-order valence-electron chi connectivity index (χ0n) is 23.2. The Labute approximate surface area is 247 Å². The van der Waals surface area contributed by atoms with Gasteiger partial charge in [0.2, 0.25) is 0 Å². The summed E-state index contributed by atoms with van der Waals surface area (Å²) in [4.78, 5) is 32.1. The molecule has 0 N–H and O–H groups in total. The van der Waals surface area contributed by atoms with E-state index in [1.807, 2.05) is 17.0 Å². The number of carbonyl (C=O) groups excluding carboxylic acids is 1. The minimum absolute atomic E-state index is 0. The number of aryl methyl sites for hydroxylation is 3. The number of aromatic carboxylic acids is 1. The Balaban J connectivity index is 0.00000337. The SMILES string of the molecule is Cn1c(=O)n(C)c2c(N3CCOCC3)cc(N3CCCc4cc(-c5ccc(C(=O)[O-])nc5)c(C(F)F)cc43)cc21.[Li+]. The van der Waals surface area contributed by atoms with E-state index in [2.05, 4.69) is 9.88 Å². The number of imidazole rings is 1. The van der Waals surface area contributed by atoms with Crippen molar-refractivity contribution in [3.05, 3.63) is 69.9 Å². The maximum atomic E-state index is 14.4. The van der Waals surface area contributed by atoms with Crippen molar-refractivity contribution in [1.82, 2.24) is 14.1 Å². The first-order chi connectivity index (χ1) is 19.2. The quantitative estimate of drug-likeness (QED) is 0.324. The molecule has 1 fully saturated rings. The van der Waals surface area contributed by atoms with Gasteiger partial charge in [-0.15, -0.1) is 0 Å². The van der Waals surface area contributed by atoms with Crippen LogP contribution in [0.3, 0.4) is 0 Å². The first-order valence-corrected chi connectivity index (χ1v) is 13.2. The third kappa shape index (κ3) is 5.03. The third-order valence-electron chi connectivity index (χ3n) is 7.88. The van der Waals surface area contributed by atoms with Crippen LogP contribution < -0.4 is 39.5 Å². The molecule has 2 aliphatic rings. The van der Waals surface area contributed by atoms with Gasteiger partial charge < -0.3 is 24.4 Å². The van der Waals surface area contributed by atoms with E-state index in [0.717, 1.165) is 34.4 Å². The normalized spacial score (nSPS) is 15.2. The van der Waals surface area contributed by atoms with E-state index in [1.165, 1.54) is 24.4 Å². The second-order valence-electron chi connectivity index (χ2n) is 10.2. The number of rotatable bonds is 5. The number of halogens is 2. The molecule has 9 nitrogen and oxygen atoms in total. The number of ether oxygens (including phenoxy) is 1. The van der Waals surface area contributed by atoms with Gasteiger partial charge in [0.15, 0.2) is 0 Å². The molecule has 4 heterocycles. The van der Waals surface area contributed by atoms with E-state index < -0.39 is 12.4 Å². The molecule has 12 heteroatoms. The van der Waals surface area contributed by atoms with E-state index in [9.17, 15) is 23.5 Å². The Kier molecular flexibility index (Phi) is 7.97. The van der Waals surface area contributed by atoms with E-state index in [1.54, 1.807) is 29.3 Å². The van der Waals surface area contributed by atoms with Crippen LogP contribution in [0.2, 0.25) is 0 Å². The fourth-order valence-electron chi connectivity index (χ4n) is 5.84. The Morgan fingerprint density at radius 3 is 2.44 bits per heavy atom. The summed E-state index contributed by atoms with van der Waals surface area (Å²) in [6.45, 7) is 3.16. The minimum Gasteiger partial charge on any atom is -0.543 e. The van der Waals surface area contributed by atoms with E-state index >= 15 is 0 Å². The molecule has 0 aliphatic carbocycles. The summed E-state index contributed by atoms with van der Waals surface area (Å²) in [5.41, 5.74) is 5.11. The Morgan fingerprint density at radius 1 is 1.02 bits per heavy atom. The molecular weight excluding hydrogens is 527 g/mol. The molecule has 2 aliphatic heterocycles. The molecule has 4 aromatic rings. The Hall–Kier alpha value is -3.65. The van der Waals surface area contributed by atoms with Crippen molar-refractivity contribution >= 4 is 34.1 Å². The van der Waals surface area contributed by atoms with Crippen LogP contribution in [0.5, 0.6) is 0 Å². The van der Waals surface area contributed by atoms with Gasteiger partial charge in [-0.2, -0.15) is 0 Å². The second kappa shape index (κ2) is 11.3. The molecule has 0 amide bonds. The van der Waals surface area contributed by atoms with Crippen LogP contribution in [-0.4, -0.2) is 52.9 Å². The first-order valence-electron chi connectivity index (χ1n) is 13.2. The number of fused-ring (bicyclic) bond motifs is 2. The fourth-order valence-corrected chi connectivity index (χ4v) is 5.84. The summed E-state index contributed by atoms with van der Waals surface area (Å²) < 4.78 is 37.7. The monoisotopic (exact) mass is 555 g/mol. The molecule has 6 rings (SSSR count). The van der Waals surface area contributed by atoms with Crippen LogP contribution >= 0.6 is 0 Å². The minimum atomic E-state index is -2.76. The van der Waals surface area contributed by atoms with Gasteiger partial charge in [-0.1, -0.05) is 6.07 Å². The van der Waals surface area contributed by atoms with Gasteiger partial charge in [-0.3, -0.25) is 14.1 Å². The molecule has 0 radical (unpaired) electrons. The molecular formula is C29H28F2LiN5O4. The summed E-state index contributed by atoms with van der Waals surface area (Å²) in [6, 6.07) is 10.0. The second-order valence-corrected chi connectivity index (χ2v) is 10.2. The number of carboxylic acid groups (broad SMARTS) is 1. The van der Waals surface area contributed by atoms with Crippen LogP contribution in [0.15, 0.2) is 47.4 Å². The summed E-state index contributed by atoms with van der Waals surface area (Å²) >= 11 is 0. The maximum Gasteiger partial charge on any atom is 1.00 e. The van der Waals surface area contributed by atoms with Crippen molar-refractivity contribution in [1.29, 1.82) is 0 Å². The van der Waals surface area contributed by atoms with Gasteiger partial charge in [0, 0.05) is 62.4 Å². The van der Waals surface area contributed by atoms with E-state index in [0.29, 0.717) is 56.1 Å². The summed E-state index contributed by atoms with van der Waals surface area (Å²) in [5, 5.41) is 11.1. The molecule has 2 aromatic heterocycles. The third-order valence-corrected chi connectivity index (χ3v) is 7.88. The van der Waals surface area contributed by atoms with Gasteiger partial charge in [0.05, 0.1) is 41.6 Å². The van der Waals surface area contributed by atoms with Crippen molar-refractivity contribution in [2.24, 2.45) is 14.1 Å². The van der Waals surface area contributed by atoms with Crippen molar-refractivity contribution in [2.75, 3.05) is 42.6 Å². The molecule has 0 bridgehead atoms. The predicted octanol–water partition coefficient (Wildman–Crippen LogP) is 0.165. The number of benzene rings is 2. The van der Waals surface area contributed by atoms with Crippen LogP contribution in [0.4, 0.5) is 25.8 Å². The summed E-state index contributed by atoms with van der Waals surface area (Å²) in [6.07, 6.45) is 0.0415. The topological polar surface area (TPSA) is 95.7 Å². The molecule has 0 atom stereocenters. The average molecular weight is 556 g/mol. The number of carbonyl (C=O) groups is 1. The summed E-state index contributed by atoms with van der Waals surface area (Å²) in [7, 11) is 3.50. The average Bonchev–Trinajstić information content (AvgIpc) is 3.19. The van der Waals surface area contributed by atoms with Gasteiger partial charge in [-0.25, -0.2) is 13.6 Å². The number of aromatic nitrogens is 3. The van der Waals surface area contributed by atoms with E-state index in [4.69, 9.17) is 4.74 Å². The number of hydrogen-bond donors (Lipinski definition) is 0. The molecule has 2 aromatic carbocycles. The number of nitrogens with zero attached hydrogens (tertiary/aromatic N) is 5. The smallest absolute Gasteiger partial charge is 0.543 e. The number of pyridine rings is 1. The zero-order chi connectivity index (χ0) is 28.1.